The monoisotopic (exact) mass is 313 g/mol. The van der Waals surface area contributed by atoms with Crippen LogP contribution in [-0.4, -0.2) is 50.8 Å². The van der Waals surface area contributed by atoms with Crippen LogP contribution in [0.3, 0.4) is 0 Å². The number of hydrogen-bond acceptors (Lipinski definition) is 5. The number of rotatable bonds is 3. The largest absolute Gasteiger partial charge is 0.477 e. The van der Waals surface area contributed by atoms with Crippen molar-refractivity contribution in [3.05, 3.63) is 15.6 Å². The van der Waals surface area contributed by atoms with Gasteiger partial charge >= 0.3 is 12.0 Å². The molecule has 0 aromatic carbocycles. The lowest BCUT2D eigenvalue weighted by molar-refractivity contribution is 0.00435. The Labute approximate surface area is 126 Å². The second-order valence-corrected chi connectivity index (χ2v) is 6.55. The molecule has 21 heavy (non-hydrogen) atoms. The van der Waals surface area contributed by atoms with Crippen molar-refractivity contribution in [1.82, 2.24) is 15.2 Å². The van der Waals surface area contributed by atoms with Crippen LogP contribution in [0.2, 0.25) is 0 Å². The standard InChI is InChI=1S/C13H19N3O4S/c1-8-10(11(17)18)21-9(15-8)7-14-12(19)16-5-3-13(2,20)4-6-16/h20H,3-7H2,1-2H3,(H,14,19)(H,17,18). The number of aromatic nitrogens is 1. The van der Waals surface area contributed by atoms with Gasteiger partial charge in [-0.15, -0.1) is 11.3 Å². The fourth-order valence-corrected chi connectivity index (χ4v) is 3.02. The summed E-state index contributed by atoms with van der Waals surface area (Å²) in [5.74, 6) is -0.999. The van der Waals surface area contributed by atoms with Crippen molar-refractivity contribution in [3.8, 4) is 0 Å². The number of amides is 2. The Morgan fingerprint density at radius 1 is 1.43 bits per heavy atom. The molecule has 1 aliphatic heterocycles. The number of nitrogens with one attached hydrogen (secondary N) is 1. The van der Waals surface area contributed by atoms with E-state index in [2.05, 4.69) is 10.3 Å². The van der Waals surface area contributed by atoms with Gasteiger partial charge in [0.15, 0.2) is 0 Å². The molecule has 0 atom stereocenters. The molecule has 0 bridgehead atoms. The SMILES string of the molecule is Cc1nc(CNC(=O)N2CCC(C)(O)CC2)sc1C(=O)O. The van der Waals surface area contributed by atoms with E-state index < -0.39 is 11.6 Å². The predicted molar refractivity (Wildman–Crippen MR) is 77.5 cm³/mol. The summed E-state index contributed by atoms with van der Waals surface area (Å²) in [7, 11) is 0. The maximum absolute atomic E-state index is 12.0. The molecular weight excluding hydrogens is 294 g/mol. The lowest BCUT2D eigenvalue weighted by Gasteiger charge is -2.35. The van der Waals surface area contributed by atoms with E-state index >= 15 is 0 Å². The summed E-state index contributed by atoms with van der Waals surface area (Å²) in [6, 6.07) is -0.213. The summed E-state index contributed by atoms with van der Waals surface area (Å²) < 4.78 is 0. The maximum atomic E-state index is 12.0. The van der Waals surface area contributed by atoms with Gasteiger partial charge in [0.2, 0.25) is 0 Å². The van der Waals surface area contributed by atoms with Crippen LogP contribution in [0.1, 0.15) is 40.1 Å². The first-order valence-corrected chi connectivity index (χ1v) is 7.55. The normalized spacial score (nSPS) is 17.6. The number of carbonyl (C=O) groups is 2. The van der Waals surface area contributed by atoms with Gasteiger partial charge in [0.1, 0.15) is 9.88 Å². The van der Waals surface area contributed by atoms with E-state index in [1.807, 2.05) is 0 Å². The molecule has 1 saturated heterocycles. The molecule has 8 heteroatoms. The summed E-state index contributed by atoms with van der Waals surface area (Å²) in [6.45, 7) is 4.64. The zero-order valence-electron chi connectivity index (χ0n) is 12.0. The first-order chi connectivity index (χ1) is 9.78. The van der Waals surface area contributed by atoms with Gasteiger partial charge in [0.25, 0.3) is 0 Å². The highest BCUT2D eigenvalue weighted by molar-refractivity contribution is 7.13. The third-order valence-electron chi connectivity index (χ3n) is 3.55. The molecule has 7 nitrogen and oxygen atoms in total. The number of aromatic carboxylic acids is 1. The predicted octanol–water partition coefficient (Wildman–Crippen LogP) is 1.21. The first kappa shape index (κ1) is 15.7. The minimum Gasteiger partial charge on any atom is -0.477 e. The van der Waals surface area contributed by atoms with E-state index in [-0.39, 0.29) is 17.5 Å². The molecule has 0 unspecified atom stereocenters. The Morgan fingerprint density at radius 2 is 2.05 bits per heavy atom. The third-order valence-corrected chi connectivity index (χ3v) is 4.70. The average molecular weight is 313 g/mol. The first-order valence-electron chi connectivity index (χ1n) is 6.73. The Balaban J connectivity index is 1.87. The van der Waals surface area contributed by atoms with Gasteiger partial charge in [-0.1, -0.05) is 0 Å². The van der Waals surface area contributed by atoms with E-state index in [1.165, 1.54) is 0 Å². The molecule has 1 fully saturated rings. The highest BCUT2D eigenvalue weighted by atomic mass is 32.1. The summed E-state index contributed by atoms with van der Waals surface area (Å²) >= 11 is 1.07. The Bertz CT molecular complexity index is 546. The van der Waals surface area contributed by atoms with Crippen LogP contribution in [0, 0.1) is 6.92 Å². The van der Waals surface area contributed by atoms with Crippen molar-refractivity contribution < 1.29 is 19.8 Å². The lowest BCUT2D eigenvalue weighted by Crippen LogP contribution is -2.48. The number of carbonyl (C=O) groups excluding carboxylic acids is 1. The second-order valence-electron chi connectivity index (χ2n) is 5.47. The zero-order chi connectivity index (χ0) is 15.6. The van der Waals surface area contributed by atoms with Crippen molar-refractivity contribution in [1.29, 1.82) is 0 Å². The topological polar surface area (TPSA) is 103 Å². The number of hydrogen-bond donors (Lipinski definition) is 3. The Morgan fingerprint density at radius 3 is 2.57 bits per heavy atom. The Hall–Kier alpha value is -1.67. The lowest BCUT2D eigenvalue weighted by atomic mass is 9.94. The van der Waals surface area contributed by atoms with Crippen LogP contribution >= 0.6 is 11.3 Å². The van der Waals surface area contributed by atoms with Gasteiger partial charge in [-0.05, 0) is 26.7 Å². The average Bonchev–Trinajstić information content (AvgIpc) is 2.77. The van der Waals surface area contributed by atoms with Crippen molar-refractivity contribution in [3.63, 3.8) is 0 Å². The Kier molecular flexibility index (Phi) is 4.48. The summed E-state index contributed by atoms with van der Waals surface area (Å²) in [5.41, 5.74) is -0.231. The number of nitrogens with zero attached hydrogens (tertiary/aromatic N) is 2. The highest BCUT2D eigenvalue weighted by Crippen LogP contribution is 2.21. The van der Waals surface area contributed by atoms with Crippen LogP contribution in [0.25, 0.3) is 0 Å². The molecule has 2 heterocycles. The van der Waals surface area contributed by atoms with Crippen LogP contribution < -0.4 is 5.32 Å². The number of aryl methyl sites for hydroxylation is 1. The fraction of sp³-hybridized carbons (Fsp3) is 0.615. The van der Waals surface area contributed by atoms with Gasteiger partial charge in [0, 0.05) is 13.1 Å². The van der Waals surface area contributed by atoms with E-state index in [4.69, 9.17) is 5.11 Å². The fourth-order valence-electron chi connectivity index (χ4n) is 2.18. The zero-order valence-corrected chi connectivity index (χ0v) is 12.9. The van der Waals surface area contributed by atoms with Crippen LogP contribution in [0.4, 0.5) is 4.79 Å². The molecule has 116 valence electrons. The van der Waals surface area contributed by atoms with Gasteiger partial charge in [-0.3, -0.25) is 0 Å². The smallest absolute Gasteiger partial charge is 0.347 e. The van der Waals surface area contributed by atoms with Crippen molar-refractivity contribution in [2.75, 3.05) is 13.1 Å². The number of urea groups is 1. The quantitative estimate of drug-likeness (QED) is 0.778. The van der Waals surface area contributed by atoms with E-state index in [0.29, 0.717) is 36.6 Å². The molecule has 0 radical (unpaired) electrons. The molecule has 0 spiro atoms. The molecule has 3 N–H and O–H groups in total. The molecule has 2 rings (SSSR count). The number of thiazole rings is 1. The molecule has 0 saturated carbocycles. The maximum Gasteiger partial charge on any atom is 0.347 e. The van der Waals surface area contributed by atoms with Gasteiger partial charge in [0.05, 0.1) is 17.8 Å². The third kappa shape index (κ3) is 3.92. The molecule has 1 aromatic rings. The number of piperidine rings is 1. The van der Waals surface area contributed by atoms with Gasteiger partial charge in [-0.2, -0.15) is 0 Å². The summed E-state index contributed by atoms with van der Waals surface area (Å²) in [6.07, 6.45) is 1.11. The van der Waals surface area contributed by atoms with E-state index in [0.717, 1.165) is 11.3 Å². The highest BCUT2D eigenvalue weighted by Gasteiger charge is 2.29. The number of carboxylic acid groups (broad SMARTS) is 1. The van der Waals surface area contributed by atoms with E-state index in [1.54, 1.807) is 18.7 Å². The second kappa shape index (κ2) is 5.98. The van der Waals surface area contributed by atoms with Crippen LogP contribution in [0.15, 0.2) is 0 Å². The van der Waals surface area contributed by atoms with Crippen LogP contribution in [0.5, 0.6) is 0 Å². The molecule has 0 aliphatic carbocycles. The number of aliphatic hydroxyl groups is 1. The summed E-state index contributed by atoms with van der Waals surface area (Å²) in [4.78, 5) is 28.9. The van der Waals surface area contributed by atoms with Crippen LogP contribution in [-0.2, 0) is 6.54 Å². The van der Waals surface area contributed by atoms with Gasteiger partial charge in [-0.25, -0.2) is 14.6 Å². The molecular formula is C13H19N3O4S. The van der Waals surface area contributed by atoms with Gasteiger partial charge < -0.3 is 20.4 Å². The minimum absolute atomic E-state index is 0.202. The van der Waals surface area contributed by atoms with Crippen molar-refractivity contribution in [2.24, 2.45) is 0 Å². The minimum atomic E-state index is -0.999. The summed E-state index contributed by atoms with van der Waals surface area (Å²) in [5, 5.41) is 22.1. The molecule has 1 aromatic heterocycles. The van der Waals surface area contributed by atoms with E-state index in [9.17, 15) is 14.7 Å². The van der Waals surface area contributed by atoms with Crippen molar-refractivity contribution >= 4 is 23.3 Å². The molecule has 1 aliphatic rings. The van der Waals surface area contributed by atoms with Crippen molar-refractivity contribution in [2.45, 2.75) is 38.8 Å². The number of carboxylic acids is 1. The molecule has 2 amide bonds. The number of likely N-dealkylation sites (tertiary alicyclic amines) is 1.